The predicted octanol–water partition coefficient (Wildman–Crippen LogP) is 3.10. The van der Waals surface area contributed by atoms with E-state index in [1.54, 1.807) is 0 Å². The number of hydrogen-bond acceptors (Lipinski definition) is 2. The lowest BCUT2D eigenvalue weighted by Gasteiger charge is -2.01. The van der Waals surface area contributed by atoms with Gasteiger partial charge in [-0.2, -0.15) is 4.45 Å². The van der Waals surface area contributed by atoms with Gasteiger partial charge >= 0.3 is 0 Å². The maximum atomic E-state index is 3.35. The summed E-state index contributed by atoms with van der Waals surface area (Å²) >= 11 is 6.38. The van der Waals surface area contributed by atoms with Gasteiger partial charge in [-0.15, -0.1) is 12.4 Å². The fourth-order valence-corrected chi connectivity index (χ4v) is 1.25. The van der Waals surface area contributed by atoms with E-state index in [4.69, 9.17) is 0 Å². The first-order chi connectivity index (χ1) is 4.83. The Hall–Kier alpha value is 0.230. The summed E-state index contributed by atoms with van der Waals surface area (Å²) in [6.45, 7) is 0. The molecular weight excluding hydrogens is 295 g/mol. The summed E-state index contributed by atoms with van der Waals surface area (Å²) in [6, 6.07) is 7.85. The van der Waals surface area contributed by atoms with Crippen molar-refractivity contribution >= 4 is 50.2 Å². The summed E-state index contributed by atoms with van der Waals surface area (Å²) in [5, 5.41) is 0. The smallest absolute Gasteiger partial charge is 0.0507 e. The molecule has 0 amide bonds. The Morgan fingerprint density at radius 2 is 2.00 bits per heavy atom. The van der Waals surface area contributed by atoms with E-state index >= 15 is 0 Å². The van der Waals surface area contributed by atoms with E-state index in [1.807, 2.05) is 24.3 Å². The predicted molar refractivity (Wildman–Crippen MR) is 57.1 cm³/mol. The number of nitrogens with one attached hydrogen (secondary N) is 2. The summed E-state index contributed by atoms with van der Waals surface area (Å²) in [4.78, 5) is 0. The molecule has 0 fully saturated rings. The molecule has 0 aliphatic carbocycles. The highest BCUT2D eigenvalue weighted by atomic mass is 79.9. The summed E-state index contributed by atoms with van der Waals surface area (Å²) in [6.07, 6.45) is 0. The molecule has 0 saturated carbocycles. The second-order valence-corrected chi connectivity index (χ2v) is 3.04. The van der Waals surface area contributed by atoms with Crippen LogP contribution in [-0.2, 0) is 0 Å². The van der Waals surface area contributed by atoms with Crippen LogP contribution in [0, 0.1) is 0 Å². The van der Waals surface area contributed by atoms with E-state index in [-0.39, 0.29) is 12.4 Å². The minimum Gasteiger partial charge on any atom is -0.312 e. The highest BCUT2D eigenvalue weighted by molar-refractivity contribution is 9.10. The molecule has 2 nitrogen and oxygen atoms in total. The number of rotatable bonds is 2. The van der Waals surface area contributed by atoms with Gasteiger partial charge in [-0.25, -0.2) is 0 Å². The van der Waals surface area contributed by atoms with Crippen LogP contribution >= 0.6 is 44.5 Å². The molecule has 2 N–H and O–H groups in total. The van der Waals surface area contributed by atoms with Crippen molar-refractivity contribution < 1.29 is 0 Å². The van der Waals surface area contributed by atoms with Crippen molar-refractivity contribution in [3.8, 4) is 0 Å². The van der Waals surface area contributed by atoms with E-state index in [2.05, 4.69) is 42.0 Å². The van der Waals surface area contributed by atoms with Gasteiger partial charge in [0.2, 0.25) is 0 Å². The lowest BCUT2D eigenvalue weighted by Crippen LogP contribution is -2.07. The summed E-state index contributed by atoms with van der Waals surface area (Å²) in [5.74, 6) is 0. The normalized spacial score (nSPS) is 8.55. The van der Waals surface area contributed by atoms with Crippen LogP contribution < -0.4 is 9.88 Å². The van der Waals surface area contributed by atoms with E-state index in [0.717, 1.165) is 10.2 Å². The first kappa shape index (κ1) is 11.2. The van der Waals surface area contributed by atoms with Crippen LogP contribution in [0.2, 0.25) is 0 Å². The average molecular weight is 302 g/mol. The molecule has 0 bridgehead atoms. The molecule has 11 heavy (non-hydrogen) atoms. The minimum atomic E-state index is 0. The van der Waals surface area contributed by atoms with Crippen molar-refractivity contribution in [1.82, 2.24) is 4.45 Å². The Labute approximate surface area is 88.6 Å². The van der Waals surface area contributed by atoms with E-state index in [0.29, 0.717) is 0 Å². The first-order valence-electron chi connectivity index (χ1n) is 2.70. The molecule has 0 radical (unpaired) electrons. The molecule has 0 aliphatic heterocycles. The first-order valence-corrected chi connectivity index (χ1v) is 4.29. The van der Waals surface area contributed by atoms with Gasteiger partial charge in [-0.3, -0.25) is 0 Å². The summed E-state index contributed by atoms with van der Waals surface area (Å²) < 4.78 is 3.71. The van der Waals surface area contributed by atoms with Crippen LogP contribution in [0.15, 0.2) is 28.7 Å². The third-order valence-electron chi connectivity index (χ3n) is 1.02. The van der Waals surface area contributed by atoms with Crippen LogP contribution in [0.25, 0.3) is 0 Å². The molecule has 1 aromatic rings. The maximum absolute atomic E-state index is 3.35. The zero-order valence-electron chi connectivity index (χ0n) is 5.47. The van der Waals surface area contributed by atoms with Crippen molar-refractivity contribution in [3.05, 3.63) is 28.7 Å². The van der Waals surface area contributed by atoms with Gasteiger partial charge in [0.25, 0.3) is 0 Å². The molecule has 5 heteroatoms. The molecule has 0 aromatic heterocycles. The second-order valence-electron chi connectivity index (χ2n) is 1.73. The van der Waals surface area contributed by atoms with Gasteiger partial charge in [0.05, 0.1) is 5.69 Å². The Morgan fingerprint density at radius 3 is 2.55 bits per heavy atom. The van der Waals surface area contributed by atoms with Crippen LogP contribution in [-0.4, -0.2) is 0 Å². The van der Waals surface area contributed by atoms with E-state index in [1.165, 1.54) is 0 Å². The van der Waals surface area contributed by atoms with Crippen molar-refractivity contribution in [3.63, 3.8) is 0 Å². The molecule has 1 rings (SSSR count). The highest BCUT2D eigenvalue weighted by Crippen LogP contribution is 2.14. The third kappa shape index (κ3) is 3.96. The second kappa shape index (κ2) is 5.83. The van der Waals surface area contributed by atoms with E-state index < -0.39 is 0 Å². The van der Waals surface area contributed by atoms with Crippen molar-refractivity contribution in [2.45, 2.75) is 0 Å². The standard InChI is InChI=1S/C6H6Br2N2.ClH/c7-5-2-1-3-6(4-5)9-10-8;/h1-4,9-10H;1H. The largest absolute Gasteiger partial charge is 0.312 e. The Kier molecular flexibility index (Phi) is 5.95. The Morgan fingerprint density at radius 1 is 1.27 bits per heavy atom. The highest BCUT2D eigenvalue weighted by Gasteiger charge is 1.88. The zero-order valence-corrected chi connectivity index (χ0v) is 9.46. The number of halogens is 3. The fraction of sp³-hybridized carbons (Fsp3) is 0. The number of benzene rings is 1. The summed E-state index contributed by atoms with van der Waals surface area (Å²) in [5.41, 5.74) is 3.89. The van der Waals surface area contributed by atoms with Crippen LogP contribution in [0.3, 0.4) is 0 Å². The molecule has 0 atom stereocenters. The molecule has 0 saturated heterocycles. The number of hydrogen-bond donors (Lipinski definition) is 2. The van der Waals surface area contributed by atoms with Crippen LogP contribution in [0.5, 0.6) is 0 Å². The van der Waals surface area contributed by atoms with Gasteiger partial charge in [-0.05, 0) is 18.2 Å². The van der Waals surface area contributed by atoms with Crippen molar-refractivity contribution in [2.75, 3.05) is 5.43 Å². The molecule has 1 aromatic carbocycles. The van der Waals surface area contributed by atoms with Gasteiger partial charge < -0.3 is 5.43 Å². The average Bonchev–Trinajstić information content (AvgIpc) is 1.88. The van der Waals surface area contributed by atoms with Crippen LogP contribution in [0.4, 0.5) is 5.69 Å². The summed E-state index contributed by atoms with van der Waals surface area (Å²) in [7, 11) is 0. The number of hydrazine groups is 1. The topological polar surface area (TPSA) is 24.1 Å². The zero-order chi connectivity index (χ0) is 7.40. The lowest BCUT2D eigenvalue weighted by molar-refractivity contribution is 1.24. The quantitative estimate of drug-likeness (QED) is 0.648. The maximum Gasteiger partial charge on any atom is 0.0507 e. The third-order valence-corrected chi connectivity index (χ3v) is 1.71. The molecule has 0 aliphatic rings. The molecule has 0 unspecified atom stereocenters. The van der Waals surface area contributed by atoms with Crippen LogP contribution in [0.1, 0.15) is 0 Å². The fourth-order valence-electron chi connectivity index (χ4n) is 0.621. The van der Waals surface area contributed by atoms with Gasteiger partial charge in [0, 0.05) is 20.6 Å². The van der Waals surface area contributed by atoms with Gasteiger partial charge in [-0.1, -0.05) is 22.0 Å². The molecule has 0 spiro atoms. The molecular formula is C6H7Br2ClN2. The van der Waals surface area contributed by atoms with Gasteiger partial charge in [0.1, 0.15) is 0 Å². The molecule has 62 valence electrons. The Bertz CT molecular complexity index is 219. The lowest BCUT2D eigenvalue weighted by atomic mass is 10.3. The SMILES string of the molecule is BrNNc1cccc(Br)c1.Cl. The van der Waals surface area contributed by atoms with Crippen molar-refractivity contribution in [1.29, 1.82) is 0 Å². The number of anilines is 1. The van der Waals surface area contributed by atoms with E-state index in [9.17, 15) is 0 Å². The monoisotopic (exact) mass is 300 g/mol. The minimum absolute atomic E-state index is 0. The molecule has 0 heterocycles. The van der Waals surface area contributed by atoms with Gasteiger partial charge in [0.15, 0.2) is 0 Å². The van der Waals surface area contributed by atoms with Crippen molar-refractivity contribution in [2.24, 2.45) is 0 Å². The Balaban J connectivity index is 0.000001000.